The summed E-state index contributed by atoms with van der Waals surface area (Å²) in [6.07, 6.45) is 3.82. The summed E-state index contributed by atoms with van der Waals surface area (Å²) in [6.45, 7) is 0. The number of nitrogens with zero attached hydrogens (tertiary/aromatic N) is 2. The van der Waals surface area contributed by atoms with E-state index in [1.165, 1.54) is 0 Å². The van der Waals surface area contributed by atoms with Gasteiger partial charge in [0.15, 0.2) is 0 Å². The topological polar surface area (TPSA) is 46.9 Å². The Bertz CT molecular complexity index is 783. The third-order valence-corrected chi connectivity index (χ3v) is 3.36. The van der Waals surface area contributed by atoms with Crippen LogP contribution in [-0.2, 0) is 11.2 Å². The van der Waals surface area contributed by atoms with Gasteiger partial charge in [0.25, 0.3) is 0 Å². The van der Waals surface area contributed by atoms with Gasteiger partial charge in [0, 0.05) is 16.9 Å². The molecule has 3 aromatic rings. The number of carbonyl (C=O) groups excluding carboxylic acids is 1. The Balaban J connectivity index is 1.66. The normalized spacial score (nSPS) is 10.4. The molecule has 0 bridgehead atoms. The smallest absolute Gasteiger partial charge is 0.228 e. The molecule has 0 fully saturated rings. The van der Waals surface area contributed by atoms with Gasteiger partial charge in [-0.2, -0.15) is 5.10 Å². The summed E-state index contributed by atoms with van der Waals surface area (Å²) in [5.74, 6) is -0.102. The first-order valence-electron chi connectivity index (χ1n) is 6.85. The summed E-state index contributed by atoms with van der Waals surface area (Å²) in [6, 6.07) is 16.8. The van der Waals surface area contributed by atoms with E-state index in [1.807, 2.05) is 36.5 Å². The monoisotopic (exact) mass is 311 g/mol. The number of nitrogens with one attached hydrogen (secondary N) is 1. The van der Waals surface area contributed by atoms with Crippen LogP contribution >= 0.6 is 11.6 Å². The summed E-state index contributed by atoms with van der Waals surface area (Å²) in [7, 11) is 0. The van der Waals surface area contributed by atoms with Crippen LogP contribution in [0, 0.1) is 0 Å². The molecule has 1 N–H and O–H groups in total. The lowest BCUT2D eigenvalue weighted by molar-refractivity contribution is -0.115. The van der Waals surface area contributed by atoms with Crippen molar-refractivity contribution in [3.63, 3.8) is 0 Å². The zero-order chi connectivity index (χ0) is 15.4. The highest BCUT2D eigenvalue weighted by Gasteiger charge is 2.07. The van der Waals surface area contributed by atoms with E-state index in [9.17, 15) is 4.79 Å². The molecule has 1 amide bonds. The maximum absolute atomic E-state index is 12.0. The van der Waals surface area contributed by atoms with E-state index in [0.717, 1.165) is 11.3 Å². The molecule has 0 radical (unpaired) electrons. The van der Waals surface area contributed by atoms with E-state index in [0.29, 0.717) is 10.7 Å². The van der Waals surface area contributed by atoms with Gasteiger partial charge in [-0.3, -0.25) is 4.79 Å². The highest BCUT2D eigenvalue weighted by molar-refractivity contribution is 6.30. The molecule has 0 saturated heterocycles. The molecule has 110 valence electrons. The van der Waals surface area contributed by atoms with Crippen molar-refractivity contribution >= 4 is 23.2 Å². The second-order valence-electron chi connectivity index (χ2n) is 4.86. The molecule has 22 heavy (non-hydrogen) atoms. The van der Waals surface area contributed by atoms with E-state index in [2.05, 4.69) is 10.4 Å². The van der Waals surface area contributed by atoms with Crippen molar-refractivity contribution in [1.82, 2.24) is 9.78 Å². The Labute approximate surface area is 133 Å². The molecule has 0 aliphatic carbocycles. The summed E-state index contributed by atoms with van der Waals surface area (Å²) in [5, 5.41) is 7.69. The van der Waals surface area contributed by atoms with Gasteiger partial charge in [0.05, 0.1) is 18.3 Å². The Morgan fingerprint density at radius 1 is 1.14 bits per heavy atom. The maximum atomic E-state index is 12.0. The zero-order valence-corrected chi connectivity index (χ0v) is 12.5. The van der Waals surface area contributed by atoms with Crippen LogP contribution in [-0.4, -0.2) is 15.7 Å². The molecule has 0 unspecified atom stereocenters. The van der Waals surface area contributed by atoms with Crippen LogP contribution in [0.2, 0.25) is 5.02 Å². The first-order valence-corrected chi connectivity index (χ1v) is 7.23. The van der Waals surface area contributed by atoms with Crippen molar-refractivity contribution < 1.29 is 4.79 Å². The SMILES string of the molecule is O=C(Cc1cnn(-c2ccccc2)c1)Nc1cccc(Cl)c1. The first kappa shape index (κ1) is 14.4. The molecule has 0 saturated carbocycles. The number of anilines is 1. The average molecular weight is 312 g/mol. The molecular formula is C17H14ClN3O. The molecule has 1 aromatic heterocycles. The van der Waals surface area contributed by atoms with Crippen molar-refractivity contribution in [2.24, 2.45) is 0 Å². The summed E-state index contributed by atoms with van der Waals surface area (Å²) >= 11 is 5.90. The fourth-order valence-corrected chi connectivity index (χ4v) is 2.32. The zero-order valence-electron chi connectivity index (χ0n) is 11.7. The quantitative estimate of drug-likeness (QED) is 0.798. The Morgan fingerprint density at radius 3 is 2.73 bits per heavy atom. The Kier molecular flexibility index (Phi) is 4.21. The molecule has 0 spiro atoms. The van der Waals surface area contributed by atoms with Gasteiger partial charge in [-0.1, -0.05) is 35.9 Å². The van der Waals surface area contributed by atoms with Crippen molar-refractivity contribution in [1.29, 1.82) is 0 Å². The Hall–Kier alpha value is -2.59. The molecule has 1 heterocycles. The fourth-order valence-electron chi connectivity index (χ4n) is 2.13. The highest BCUT2D eigenvalue weighted by atomic mass is 35.5. The van der Waals surface area contributed by atoms with Crippen LogP contribution in [0.25, 0.3) is 5.69 Å². The maximum Gasteiger partial charge on any atom is 0.228 e. The van der Waals surface area contributed by atoms with Gasteiger partial charge in [-0.15, -0.1) is 0 Å². The van der Waals surface area contributed by atoms with Crippen LogP contribution in [0.1, 0.15) is 5.56 Å². The lowest BCUT2D eigenvalue weighted by Crippen LogP contribution is -2.13. The predicted molar refractivity (Wildman–Crippen MR) is 87.3 cm³/mol. The summed E-state index contributed by atoms with van der Waals surface area (Å²) in [5.41, 5.74) is 2.50. The van der Waals surface area contributed by atoms with E-state index in [4.69, 9.17) is 11.6 Å². The van der Waals surface area contributed by atoms with Crippen molar-refractivity contribution in [3.05, 3.63) is 77.6 Å². The summed E-state index contributed by atoms with van der Waals surface area (Å²) in [4.78, 5) is 12.0. The van der Waals surface area contributed by atoms with Gasteiger partial charge in [-0.05, 0) is 35.9 Å². The number of hydrogen-bond donors (Lipinski definition) is 1. The molecule has 0 aliphatic rings. The molecule has 3 rings (SSSR count). The fraction of sp³-hybridized carbons (Fsp3) is 0.0588. The van der Waals surface area contributed by atoms with Gasteiger partial charge < -0.3 is 5.32 Å². The van der Waals surface area contributed by atoms with Crippen LogP contribution in [0.15, 0.2) is 67.0 Å². The molecule has 0 atom stereocenters. The number of carbonyl (C=O) groups is 1. The van der Waals surface area contributed by atoms with Gasteiger partial charge in [0.2, 0.25) is 5.91 Å². The predicted octanol–water partition coefficient (Wildman–Crippen LogP) is 3.71. The van der Waals surface area contributed by atoms with Crippen molar-refractivity contribution in [3.8, 4) is 5.69 Å². The number of aromatic nitrogens is 2. The summed E-state index contributed by atoms with van der Waals surface area (Å²) < 4.78 is 1.75. The Morgan fingerprint density at radius 2 is 1.95 bits per heavy atom. The lowest BCUT2D eigenvalue weighted by atomic mass is 10.2. The minimum absolute atomic E-state index is 0.102. The standard InChI is InChI=1S/C17H14ClN3O/c18-14-5-4-6-15(10-14)20-17(22)9-13-11-19-21(12-13)16-7-2-1-3-8-16/h1-8,10-12H,9H2,(H,20,22). The van der Waals surface area contributed by atoms with E-state index >= 15 is 0 Å². The minimum atomic E-state index is -0.102. The second kappa shape index (κ2) is 6.45. The molecule has 5 heteroatoms. The minimum Gasteiger partial charge on any atom is -0.326 e. The van der Waals surface area contributed by atoms with Gasteiger partial charge in [-0.25, -0.2) is 4.68 Å². The molecular weight excluding hydrogens is 298 g/mol. The van der Waals surface area contributed by atoms with Crippen LogP contribution in [0.4, 0.5) is 5.69 Å². The van der Waals surface area contributed by atoms with Crippen molar-refractivity contribution in [2.45, 2.75) is 6.42 Å². The first-order chi connectivity index (χ1) is 10.7. The number of benzene rings is 2. The van der Waals surface area contributed by atoms with Crippen LogP contribution in [0.5, 0.6) is 0 Å². The average Bonchev–Trinajstić information content (AvgIpc) is 2.96. The largest absolute Gasteiger partial charge is 0.326 e. The van der Waals surface area contributed by atoms with Gasteiger partial charge >= 0.3 is 0 Å². The lowest BCUT2D eigenvalue weighted by Gasteiger charge is -2.04. The molecule has 0 aliphatic heterocycles. The third kappa shape index (κ3) is 3.54. The van der Waals surface area contributed by atoms with Crippen molar-refractivity contribution in [2.75, 3.05) is 5.32 Å². The number of para-hydroxylation sites is 1. The number of halogens is 1. The molecule has 2 aromatic carbocycles. The van der Waals surface area contributed by atoms with Crippen LogP contribution < -0.4 is 5.32 Å². The number of hydrogen-bond acceptors (Lipinski definition) is 2. The number of amides is 1. The van der Waals surface area contributed by atoms with E-state index in [-0.39, 0.29) is 12.3 Å². The number of rotatable bonds is 4. The highest BCUT2D eigenvalue weighted by Crippen LogP contribution is 2.15. The second-order valence-corrected chi connectivity index (χ2v) is 5.30. The molecule has 4 nitrogen and oxygen atoms in total. The van der Waals surface area contributed by atoms with Crippen LogP contribution in [0.3, 0.4) is 0 Å². The van der Waals surface area contributed by atoms with E-state index in [1.54, 1.807) is 35.1 Å². The van der Waals surface area contributed by atoms with Gasteiger partial charge in [0.1, 0.15) is 0 Å². The van der Waals surface area contributed by atoms with E-state index < -0.39 is 0 Å². The third-order valence-electron chi connectivity index (χ3n) is 3.13.